The molecule has 1 N–H and O–H groups in total. The van der Waals surface area contributed by atoms with Gasteiger partial charge in [-0.15, -0.1) is 0 Å². The fourth-order valence-corrected chi connectivity index (χ4v) is 2.29. The molecule has 1 rings (SSSR count). The summed E-state index contributed by atoms with van der Waals surface area (Å²) in [7, 11) is 0. The van der Waals surface area contributed by atoms with E-state index in [-0.39, 0.29) is 5.54 Å². The van der Waals surface area contributed by atoms with Crippen molar-refractivity contribution in [3.8, 4) is 0 Å². The Morgan fingerprint density at radius 3 is 2.35 bits per heavy atom. The lowest BCUT2D eigenvalue weighted by molar-refractivity contribution is -0.109. The summed E-state index contributed by atoms with van der Waals surface area (Å²) in [6.07, 6.45) is 5.88. The van der Waals surface area contributed by atoms with Gasteiger partial charge in [-0.25, -0.2) is 4.79 Å². The lowest BCUT2D eigenvalue weighted by atomic mass is 9.80. The SMILES string of the molecule is CC(C)(C)OC(=O)NC1(CC=O)CCCCC1. The molecule has 1 amide bonds. The van der Waals surface area contributed by atoms with Crippen LogP contribution in [0.25, 0.3) is 0 Å². The Hall–Kier alpha value is -1.06. The van der Waals surface area contributed by atoms with Gasteiger partial charge in [-0.05, 0) is 33.6 Å². The van der Waals surface area contributed by atoms with Crippen LogP contribution >= 0.6 is 0 Å². The highest BCUT2D eigenvalue weighted by Gasteiger charge is 2.34. The largest absolute Gasteiger partial charge is 0.444 e. The third-order valence-electron chi connectivity index (χ3n) is 3.05. The average Bonchev–Trinajstić information content (AvgIpc) is 2.15. The molecule has 0 heterocycles. The zero-order valence-electron chi connectivity index (χ0n) is 11.0. The molecule has 0 aromatic heterocycles. The molecule has 1 fully saturated rings. The number of carbonyl (C=O) groups excluding carboxylic acids is 2. The zero-order chi connectivity index (χ0) is 12.9. The fourth-order valence-electron chi connectivity index (χ4n) is 2.29. The van der Waals surface area contributed by atoms with E-state index in [2.05, 4.69) is 5.32 Å². The maximum absolute atomic E-state index is 11.8. The summed E-state index contributed by atoms with van der Waals surface area (Å²) in [5.41, 5.74) is -0.872. The first kappa shape index (κ1) is 14.0. The van der Waals surface area contributed by atoms with E-state index in [0.29, 0.717) is 6.42 Å². The number of hydrogen-bond donors (Lipinski definition) is 1. The number of aldehydes is 1. The summed E-state index contributed by atoms with van der Waals surface area (Å²) >= 11 is 0. The summed E-state index contributed by atoms with van der Waals surface area (Å²) in [6, 6.07) is 0. The van der Waals surface area contributed by atoms with Crippen LogP contribution in [0.1, 0.15) is 59.3 Å². The number of carbonyl (C=O) groups is 2. The van der Waals surface area contributed by atoms with E-state index in [1.54, 1.807) is 0 Å². The number of ether oxygens (including phenoxy) is 1. The Morgan fingerprint density at radius 2 is 1.88 bits per heavy atom. The van der Waals surface area contributed by atoms with E-state index in [4.69, 9.17) is 4.74 Å². The number of alkyl carbamates (subject to hydrolysis) is 1. The molecule has 1 saturated carbocycles. The van der Waals surface area contributed by atoms with Crippen molar-refractivity contribution in [3.63, 3.8) is 0 Å². The number of amides is 1. The minimum Gasteiger partial charge on any atom is -0.444 e. The molecule has 0 radical (unpaired) electrons. The Kier molecular flexibility index (Phi) is 4.54. The van der Waals surface area contributed by atoms with Crippen LogP contribution in [0.4, 0.5) is 4.79 Å². The first-order chi connectivity index (χ1) is 7.87. The number of rotatable bonds is 3. The van der Waals surface area contributed by atoms with Crippen molar-refractivity contribution in [1.29, 1.82) is 0 Å². The van der Waals surface area contributed by atoms with Crippen LogP contribution in [0, 0.1) is 0 Å². The predicted octanol–water partition coefficient (Wildman–Crippen LogP) is 2.80. The standard InChI is InChI=1S/C13H23NO3/c1-12(2,3)17-11(16)14-13(9-10-15)7-5-4-6-8-13/h10H,4-9H2,1-3H3,(H,14,16). The molecular formula is C13H23NO3. The summed E-state index contributed by atoms with van der Waals surface area (Å²) < 4.78 is 5.25. The Bertz CT molecular complexity index is 275. The van der Waals surface area contributed by atoms with Crippen molar-refractivity contribution in [2.45, 2.75) is 70.4 Å². The van der Waals surface area contributed by atoms with Gasteiger partial charge in [0.15, 0.2) is 0 Å². The predicted molar refractivity (Wildman–Crippen MR) is 65.9 cm³/mol. The van der Waals surface area contributed by atoms with Crippen molar-refractivity contribution >= 4 is 12.4 Å². The molecule has 17 heavy (non-hydrogen) atoms. The molecule has 0 aromatic carbocycles. The first-order valence-corrected chi connectivity index (χ1v) is 6.32. The van der Waals surface area contributed by atoms with E-state index in [1.165, 1.54) is 6.42 Å². The lowest BCUT2D eigenvalue weighted by Crippen LogP contribution is -2.51. The highest BCUT2D eigenvalue weighted by Crippen LogP contribution is 2.30. The maximum Gasteiger partial charge on any atom is 0.408 e. The zero-order valence-corrected chi connectivity index (χ0v) is 11.0. The second kappa shape index (κ2) is 5.52. The van der Waals surface area contributed by atoms with Crippen LogP contribution in [0.5, 0.6) is 0 Å². The monoisotopic (exact) mass is 241 g/mol. The molecule has 1 aliphatic rings. The van der Waals surface area contributed by atoms with Gasteiger partial charge >= 0.3 is 6.09 Å². The van der Waals surface area contributed by atoms with Crippen molar-refractivity contribution in [2.24, 2.45) is 0 Å². The minimum atomic E-state index is -0.499. The van der Waals surface area contributed by atoms with E-state index in [0.717, 1.165) is 32.0 Å². The van der Waals surface area contributed by atoms with Gasteiger partial charge in [-0.2, -0.15) is 0 Å². The molecule has 0 unspecified atom stereocenters. The van der Waals surface area contributed by atoms with Gasteiger partial charge in [-0.1, -0.05) is 19.3 Å². The van der Waals surface area contributed by atoms with E-state index >= 15 is 0 Å². The molecule has 0 aromatic rings. The summed E-state index contributed by atoms with van der Waals surface area (Å²) in [5.74, 6) is 0. The number of hydrogen-bond acceptors (Lipinski definition) is 3. The molecular weight excluding hydrogens is 218 g/mol. The van der Waals surface area contributed by atoms with Crippen LogP contribution in [0.3, 0.4) is 0 Å². The fraction of sp³-hybridized carbons (Fsp3) is 0.846. The normalized spacial score (nSPS) is 19.5. The molecule has 1 aliphatic carbocycles. The van der Waals surface area contributed by atoms with E-state index in [9.17, 15) is 9.59 Å². The highest BCUT2D eigenvalue weighted by molar-refractivity contribution is 5.69. The minimum absolute atomic E-state index is 0.373. The van der Waals surface area contributed by atoms with Crippen molar-refractivity contribution < 1.29 is 14.3 Å². The molecule has 98 valence electrons. The highest BCUT2D eigenvalue weighted by atomic mass is 16.6. The molecule has 0 aliphatic heterocycles. The molecule has 4 nitrogen and oxygen atoms in total. The third-order valence-corrected chi connectivity index (χ3v) is 3.05. The van der Waals surface area contributed by atoms with Gasteiger partial charge in [0, 0.05) is 12.0 Å². The third kappa shape index (κ3) is 4.75. The number of nitrogens with one attached hydrogen (secondary N) is 1. The van der Waals surface area contributed by atoms with Gasteiger partial charge in [0.2, 0.25) is 0 Å². The van der Waals surface area contributed by atoms with Crippen LogP contribution in [0.15, 0.2) is 0 Å². The summed E-state index contributed by atoms with van der Waals surface area (Å²) in [4.78, 5) is 22.5. The van der Waals surface area contributed by atoms with Gasteiger partial charge in [-0.3, -0.25) is 0 Å². The van der Waals surface area contributed by atoms with Crippen molar-refractivity contribution in [3.05, 3.63) is 0 Å². The first-order valence-electron chi connectivity index (χ1n) is 6.32. The molecule has 0 atom stereocenters. The van der Waals surface area contributed by atoms with Crippen molar-refractivity contribution in [2.75, 3.05) is 0 Å². The molecule has 4 heteroatoms. The van der Waals surface area contributed by atoms with Crippen LogP contribution in [0.2, 0.25) is 0 Å². The molecule has 0 spiro atoms. The van der Waals surface area contributed by atoms with Gasteiger partial charge in [0.1, 0.15) is 11.9 Å². The maximum atomic E-state index is 11.8. The Balaban J connectivity index is 2.60. The van der Waals surface area contributed by atoms with Crippen LogP contribution in [-0.4, -0.2) is 23.5 Å². The second-order valence-corrected chi connectivity index (χ2v) is 5.84. The quantitative estimate of drug-likeness (QED) is 0.773. The average molecular weight is 241 g/mol. The molecule has 0 bridgehead atoms. The van der Waals surface area contributed by atoms with Crippen molar-refractivity contribution in [1.82, 2.24) is 5.32 Å². The smallest absolute Gasteiger partial charge is 0.408 e. The van der Waals surface area contributed by atoms with Crippen LogP contribution in [-0.2, 0) is 9.53 Å². The van der Waals surface area contributed by atoms with Gasteiger partial charge < -0.3 is 14.8 Å². The summed E-state index contributed by atoms with van der Waals surface area (Å²) in [6.45, 7) is 5.50. The lowest BCUT2D eigenvalue weighted by Gasteiger charge is -2.37. The van der Waals surface area contributed by atoms with Crippen LogP contribution < -0.4 is 5.32 Å². The van der Waals surface area contributed by atoms with Gasteiger partial charge in [0.25, 0.3) is 0 Å². The molecule has 0 saturated heterocycles. The second-order valence-electron chi connectivity index (χ2n) is 5.84. The topological polar surface area (TPSA) is 55.4 Å². The Labute approximate surface area is 103 Å². The summed E-state index contributed by atoms with van der Waals surface area (Å²) in [5, 5.41) is 2.90. The van der Waals surface area contributed by atoms with Gasteiger partial charge in [0.05, 0.1) is 0 Å². The Morgan fingerprint density at radius 1 is 1.29 bits per heavy atom. The van der Waals surface area contributed by atoms with E-state index < -0.39 is 11.7 Å². The van der Waals surface area contributed by atoms with E-state index in [1.807, 2.05) is 20.8 Å².